The molecule has 0 atom stereocenters. The summed E-state index contributed by atoms with van der Waals surface area (Å²) < 4.78 is 26.2. The maximum atomic E-state index is 13.0. The number of anilines is 2. The molecule has 3 aromatic carbocycles. The molecule has 0 saturated carbocycles. The number of hydrogen-bond donors (Lipinski definition) is 1. The average Bonchev–Trinajstić information content (AvgIpc) is 2.84. The quantitative estimate of drug-likeness (QED) is 0.398. The highest BCUT2D eigenvalue weighted by molar-refractivity contribution is 7.92. The van der Waals surface area contributed by atoms with Gasteiger partial charge >= 0.3 is 0 Å². The lowest BCUT2D eigenvalue weighted by Crippen LogP contribution is -2.37. The smallest absolute Gasteiger partial charge is 0.257 e. The standard InChI is InChI=1S/C26H23ClN4O3S/c1-17-8-9-19(14-22(17)25-28-16-18-6-2-3-7-24(18)30-25)29-26(32)21-11-10-20(15-23(21)27)31-12-4-5-13-35(31,33)34/h2-3,6-11,14-16H,4-5,12-13H2,1H3,(H,29,32). The van der Waals surface area contributed by atoms with Gasteiger partial charge in [-0.15, -0.1) is 0 Å². The molecule has 1 amide bonds. The lowest BCUT2D eigenvalue weighted by atomic mass is 10.1. The van der Waals surface area contributed by atoms with Crippen LogP contribution in [0.4, 0.5) is 11.4 Å². The molecule has 178 valence electrons. The average molecular weight is 507 g/mol. The van der Waals surface area contributed by atoms with Gasteiger partial charge in [-0.05, 0) is 61.7 Å². The molecule has 7 nitrogen and oxygen atoms in total. The number of aromatic nitrogens is 2. The van der Waals surface area contributed by atoms with E-state index in [1.54, 1.807) is 24.4 Å². The van der Waals surface area contributed by atoms with Crippen LogP contribution in [-0.4, -0.2) is 36.6 Å². The molecular weight excluding hydrogens is 484 g/mol. The third kappa shape index (κ3) is 4.72. The minimum Gasteiger partial charge on any atom is -0.322 e. The molecule has 0 radical (unpaired) electrons. The third-order valence-electron chi connectivity index (χ3n) is 6.06. The molecule has 1 fully saturated rings. The number of halogens is 1. The SMILES string of the molecule is Cc1ccc(NC(=O)c2ccc(N3CCCCS3(=O)=O)cc2Cl)cc1-c1ncc2ccccc2n1. The van der Waals surface area contributed by atoms with Crippen LogP contribution >= 0.6 is 11.6 Å². The highest BCUT2D eigenvalue weighted by Crippen LogP contribution is 2.30. The van der Waals surface area contributed by atoms with Gasteiger partial charge in [0.2, 0.25) is 10.0 Å². The Bertz CT molecular complexity index is 1560. The second-order valence-electron chi connectivity index (χ2n) is 8.50. The fourth-order valence-corrected chi connectivity index (χ4v) is 6.06. The first kappa shape index (κ1) is 23.3. The summed E-state index contributed by atoms with van der Waals surface area (Å²) in [6, 6.07) is 18.0. The Hall–Kier alpha value is -3.49. The number of rotatable bonds is 4. The van der Waals surface area contributed by atoms with Crippen LogP contribution in [0, 0.1) is 6.92 Å². The molecule has 1 saturated heterocycles. The summed E-state index contributed by atoms with van der Waals surface area (Å²) in [6.45, 7) is 2.37. The second-order valence-corrected chi connectivity index (χ2v) is 10.9. The van der Waals surface area contributed by atoms with Gasteiger partial charge in [-0.25, -0.2) is 18.4 Å². The van der Waals surface area contributed by atoms with Crippen LogP contribution < -0.4 is 9.62 Å². The topological polar surface area (TPSA) is 92.3 Å². The van der Waals surface area contributed by atoms with Gasteiger partial charge in [-0.1, -0.05) is 35.9 Å². The summed E-state index contributed by atoms with van der Waals surface area (Å²) in [5.74, 6) is 0.295. The van der Waals surface area contributed by atoms with Crippen LogP contribution in [0.15, 0.2) is 66.9 Å². The fraction of sp³-hybridized carbons (Fsp3) is 0.192. The molecule has 0 unspecified atom stereocenters. The number of carbonyl (C=O) groups is 1. The van der Waals surface area contributed by atoms with Crippen molar-refractivity contribution in [1.29, 1.82) is 0 Å². The van der Waals surface area contributed by atoms with Gasteiger partial charge in [0, 0.05) is 29.4 Å². The predicted octanol–water partition coefficient (Wildman–Crippen LogP) is 5.44. The molecule has 0 aliphatic carbocycles. The molecule has 0 spiro atoms. The van der Waals surface area contributed by atoms with Crippen molar-refractivity contribution in [2.24, 2.45) is 0 Å². The van der Waals surface area contributed by atoms with E-state index >= 15 is 0 Å². The van der Waals surface area contributed by atoms with Crippen LogP contribution in [0.5, 0.6) is 0 Å². The first-order chi connectivity index (χ1) is 16.8. The van der Waals surface area contributed by atoms with Crippen molar-refractivity contribution in [1.82, 2.24) is 9.97 Å². The van der Waals surface area contributed by atoms with Crippen molar-refractivity contribution < 1.29 is 13.2 Å². The number of benzene rings is 3. The summed E-state index contributed by atoms with van der Waals surface area (Å²) in [4.78, 5) is 22.2. The summed E-state index contributed by atoms with van der Waals surface area (Å²) in [5.41, 5.74) is 3.93. The van der Waals surface area contributed by atoms with E-state index in [1.165, 1.54) is 10.4 Å². The van der Waals surface area contributed by atoms with E-state index in [1.807, 2.05) is 43.3 Å². The Balaban J connectivity index is 1.40. The van der Waals surface area contributed by atoms with E-state index < -0.39 is 15.9 Å². The van der Waals surface area contributed by atoms with Crippen molar-refractivity contribution >= 4 is 49.8 Å². The Morgan fingerprint density at radius 1 is 1.06 bits per heavy atom. The maximum Gasteiger partial charge on any atom is 0.257 e. The molecule has 4 aromatic rings. The first-order valence-electron chi connectivity index (χ1n) is 11.3. The molecule has 2 heterocycles. The lowest BCUT2D eigenvalue weighted by Gasteiger charge is -2.28. The highest BCUT2D eigenvalue weighted by atomic mass is 35.5. The molecule has 35 heavy (non-hydrogen) atoms. The van der Waals surface area contributed by atoms with E-state index in [9.17, 15) is 13.2 Å². The molecule has 1 aliphatic rings. The zero-order chi connectivity index (χ0) is 24.6. The molecular formula is C26H23ClN4O3S. The first-order valence-corrected chi connectivity index (χ1v) is 13.2. The van der Waals surface area contributed by atoms with Gasteiger partial charge in [0.05, 0.1) is 27.5 Å². The van der Waals surface area contributed by atoms with Crippen molar-refractivity contribution in [3.8, 4) is 11.4 Å². The monoisotopic (exact) mass is 506 g/mol. The van der Waals surface area contributed by atoms with Gasteiger partial charge in [-0.2, -0.15) is 0 Å². The zero-order valence-corrected chi connectivity index (χ0v) is 20.6. The van der Waals surface area contributed by atoms with Gasteiger partial charge in [0.25, 0.3) is 5.91 Å². The number of sulfonamides is 1. The minimum atomic E-state index is -3.36. The van der Waals surface area contributed by atoms with E-state index in [0.717, 1.165) is 28.5 Å². The van der Waals surface area contributed by atoms with Crippen LogP contribution in [0.1, 0.15) is 28.8 Å². The number of nitrogens with one attached hydrogen (secondary N) is 1. The number of hydrogen-bond acceptors (Lipinski definition) is 5. The number of carbonyl (C=O) groups excluding carboxylic acids is 1. The molecule has 1 aromatic heterocycles. The predicted molar refractivity (Wildman–Crippen MR) is 139 cm³/mol. The summed E-state index contributed by atoms with van der Waals surface area (Å²) in [7, 11) is -3.36. The summed E-state index contributed by atoms with van der Waals surface area (Å²) in [6.07, 6.45) is 3.22. The van der Waals surface area contributed by atoms with Gasteiger partial charge < -0.3 is 5.32 Å². The number of nitrogens with zero attached hydrogens (tertiary/aromatic N) is 3. The molecule has 5 rings (SSSR count). The largest absolute Gasteiger partial charge is 0.322 e. The Labute approximate surface area is 208 Å². The van der Waals surface area contributed by atoms with Crippen molar-refractivity contribution in [3.63, 3.8) is 0 Å². The van der Waals surface area contributed by atoms with Crippen LogP contribution in [0.25, 0.3) is 22.3 Å². The zero-order valence-electron chi connectivity index (χ0n) is 19.0. The van der Waals surface area contributed by atoms with Crippen molar-refractivity contribution in [2.75, 3.05) is 21.9 Å². The minimum absolute atomic E-state index is 0.115. The fourth-order valence-electron chi connectivity index (χ4n) is 4.16. The third-order valence-corrected chi connectivity index (χ3v) is 8.24. The lowest BCUT2D eigenvalue weighted by molar-refractivity contribution is 0.102. The van der Waals surface area contributed by atoms with Crippen LogP contribution in [0.2, 0.25) is 5.02 Å². The number of para-hydroxylation sites is 1. The Morgan fingerprint density at radius 3 is 2.69 bits per heavy atom. The molecule has 1 N–H and O–H groups in total. The molecule has 0 bridgehead atoms. The maximum absolute atomic E-state index is 13.0. The van der Waals surface area contributed by atoms with E-state index in [0.29, 0.717) is 30.2 Å². The van der Waals surface area contributed by atoms with Gasteiger partial charge in [0.15, 0.2) is 5.82 Å². The second kappa shape index (κ2) is 9.28. The highest BCUT2D eigenvalue weighted by Gasteiger charge is 2.27. The van der Waals surface area contributed by atoms with Gasteiger partial charge in [-0.3, -0.25) is 9.10 Å². The van der Waals surface area contributed by atoms with Crippen molar-refractivity contribution in [2.45, 2.75) is 19.8 Å². The molecule has 9 heteroatoms. The van der Waals surface area contributed by atoms with Gasteiger partial charge in [0.1, 0.15) is 0 Å². The van der Waals surface area contributed by atoms with Crippen LogP contribution in [0.3, 0.4) is 0 Å². The van der Waals surface area contributed by atoms with E-state index in [4.69, 9.17) is 11.6 Å². The Kier molecular flexibility index (Phi) is 6.17. The number of amides is 1. The summed E-state index contributed by atoms with van der Waals surface area (Å²) in [5, 5.41) is 4.02. The Morgan fingerprint density at radius 2 is 1.89 bits per heavy atom. The van der Waals surface area contributed by atoms with E-state index in [-0.39, 0.29) is 16.3 Å². The normalized spacial score (nSPS) is 15.2. The molecule has 1 aliphatic heterocycles. The van der Waals surface area contributed by atoms with Crippen molar-refractivity contribution in [3.05, 3.63) is 83.0 Å². The van der Waals surface area contributed by atoms with Crippen LogP contribution in [-0.2, 0) is 10.0 Å². The van der Waals surface area contributed by atoms with E-state index in [2.05, 4.69) is 15.3 Å². The number of aryl methyl sites for hydroxylation is 1. The summed E-state index contributed by atoms with van der Waals surface area (Å²) >= 11 is 6.41. The number of fused-ring (bicyclic) bond motifs is 1.